The summed E-state index contributed by atoms with van der Waals surface area (Å²) in [4.78, 5) is 18.1. The van der Waals surface area contributed by atoms with Gasteiger partial charge in [-0.3, -0.25) is 4.79 Å². The lowest BCUT2D eigenvalue weighted by molar-refractivity contribution is 0.0988. The second kappa shape index (κ2) is 5.92. The van der Waals surface area contributed by atoms with Gasteiger partial charge in [0.05, 0.1) is 10.6 Å². The molecule has 4 nitrogen and oxygen atoms in total. The van der Waals surface area contributed by atoms with Crippen molar-refractivity contribution in [2.24, 2.45) is 0 Å². The van der Waals surface area contributed by atoms with Gasteiger partial charge < -0.3 is 10.6 Å². The van der Waals surface area contributed by atoms with Crippen molar-refractivity contribution in [3.63, 3.8) is 0 Å². The first-order valence-corrected chi connectivity index (χ1v) is 6.70. The Balaban J connectivity index is 2.38. The number of nitrogen functional groups attached to an aromatic ring is 1. The van der Waals surface area contributed by atoms with Crippen molar-refractivity contribution in [1.82, 2.24) is 4.98 Å². The second-order valence-electron chi connectivity index (χ2n) is 4.47. The summed E-state index contributed by atoms with van der Waals surface area (Å²) >= 11 is 6.04. The molecule has 0 aliphatic rings. The highest BCUT2D eigenvalue weighted by molar-refractivity contribution is 6.34. The molecular formula is C15H16ClN3O. The molecule has 0 fully saturated rings. The zero-order valence-corrected chi connectivity index (χ0v) is 12.2. The van der Waals surface area contributed by atoms with Crippen LogP contribution in [-0.2, 0) is 0 Å². The minimum atomic E-state index is -0.185. The topological polar surface area (TPSA) is 59.2 Å². The number of hydrogen-bond donors (Lipinski definition) is 1. The Morgan fingerprint density at radius 1 is 1.35 bits per heavy atom. The van der Waals surface area contributed by atoms with Gasteiger partial charge in [-0.15, -0.1) is 0 Å². The molecule has 2 rings (SSSR count). The maximum absolute atomic E-state index is 12.6. The predicted molar refractivity (Wildman–Crippen MR) is 82.2 cm³/mol. The van der Waals surface area contributed by atoms with E-state index in [1.165, 1.54) is 12.3 Å². The van der Waals surface area contributed by atoms with E-state index in [2.05, 4.69) is 4.98 Å². The molecule has 0 aliphatic carbocycles. The van der Waals surface area contributed by atoms with Gasteiger partial charge >= 0.3 is 0 Å². The molecule has 0 unspecified atom stereocenters. The number of anilines is 2. The Morgan fingerprint density at radius 2 is 2.00 bits per heavy atom. The maximum atomic E-state index is 12.6. The van der Waals surface area contributed by atoms with Gasteiger partial charge in [-0.05, 0) is 32.0 Å². The SMILES string of the molecule is CCN(C(=O)c1cc(N)ncc1Cl)c1ccc(C)cc1. The van der Waals surface area contributed by atoms with Crippen molar-refractivity contribution in [2.45, 2.75) is 13.8 Å². The Bertz CT molecular complexity index is 626. The summed E-state index contributed by atoms with van der Waals surface area (Å²) in [6.07, 6.45) is 1.40. The highest BCUT2D eigenvalue weighted by Crippen LogP contribution is 2.22. The molecule has 0 saturated carbocycles. The number of rotatable bonds is 3. The van der Waals surface area contributed by atoms with E-state index in [1.807, 2.05) is 38.1 Å². The van der Waals surface area contributed by atoms with Crippen molar-refractivity contribution in [3.05, 3.63) is 52.7 Å². The van der Waals surface area contributed by atoms with Crippen LogP contribution in [0.2, 0.25) is 5.02 Å². The number of pyridine rings is 1. The van der Waals surface area contributed by atoms with Crippen LogP contribution in [0.25, 0.3) is 0 Å². The average Bonchev–Trinajstić information content (AvgIpc) is 2.44. The van der Waals surface area contributed by atoms with E-state index in [0.29, 0.717) is 17.1 Å². The van der Waals surface area contributed by atoms with E-state index in [-0.39, 0.29) is 11.7 Å². The van der Waals surface area contributed by atoms with Gasteiger partial charge in [-0.1, -0.05) is 29.3 Å². The first kappa shape index (κ1) is 14.3. The monoisotopic (exact) mass is 289 g/mol. The smallest absolute Gasteiger partial charge is 0.259 e. The second-order valence-corrected chi connectivity index (χ2v) is 4.88. The maximum Gasteiger partial charge on any atom is 0.259 e. The minimum absolute atomic E-state index is 0.185. The van der Waals surface area contributed by atoms with E-state index in [4.69, 9.17) is 17.3 Å². The molecule has 1 aromatic heterocycles. The summed E-state index contributed by atoms with van der Waals surface area (Å²) in [5.41, 5.74) is 7.96. The highest BCUT2D eigenvalue weighted by Gasteiger charge is 2.19. The third-order valence-corrected chi connectivity index (χ3v) is 3.32. The van der Waals surface area contributed by atoms with Gasteiger partial charge in [-0.2, -0.15) is 0 Å². The first-order chi connectivity index (χ1) is 9.52. The van der Waals surface area contributed by atoms with Crippen LogP contribution in [0.15, 0.2) is 36.5 Å². The third-order valence-electron chi connectivity index (χ3n) is 3.01. The highest BCUT2D eigenvalue weighted by atomic mass is 35.5. The molecule has 0 atom stereocenters. The third kappa shape index (κ3) is 2.91. The average molecular weight is 290 g/mol. The van der Waals surface area contributed by atoms with Crippen molar-refractivity contribution in [2.75, 3.05) is 17.2 Å². The number of carbonyl (C=O) groups is 1. The van der Waals surface area contributed by atoms with E-state index < -0.39 is 0 Å². The van der Waals surface area contributed by atoms with Crippen LogP contribution in [0.5, 0.6) is 0 Å². The van der Waals surface area contributed by atoms with Gasteiger partial charge in [0.25, 0.3) is 5.91 Å². The van der Waals surface area contributed by atoms with Gasteiger partial charge in [0, 0.05) is 18.4 Å². The fourth-order valence-electron chi connectivity index (χ4n) is 1.93. The van der Waals surface area contributed by atoms with Gasteiger partial charge in [-0.25, -0.2) is 4.98 Å². The van der Waals surface area contributed by atoms with E-state index in [1.54, 1.807) is 4.90 Å². The molecule has 1 amide bonds. The lowest BCUT2D eigenvalue weighted by atomic mass is 10.1. The van der Waals surface area contributed by atoms with Crippen molar-refractivity contribution >= 4 is 29.0 Å². The van der Waals surface area contributed by atoms with Crippen molar-refractivity contribution < 1.29 is 4.79 Å². The number of halogens is 1. The molecule has 1 heterocycles. The van der Waals surface area contributed by atoms with Crippen LogP contribution in [0.4, 0.5) is 11.5 Å². The number of benzene rings is 1. The molecule has 0 bridgehead atoms. The molecule has 0 radical (unpaired) electrons. The van der Waals surface area contributed by atoms with Crippen LogP contribution in [0, 0.1) is 6.92 Å². The zero-order valence-electron chi connectivity index (χ0n) is 11.4. The van der Waals surface area contributed by atoms with E-state index in [0.717, 1.165) is 11.3 Å². The number of aryl methyl sites for hydroxylation is 1. The van der Waals surface area contributed by atoms with E-state index in [9.17, 15) is 4.79 Å². The quantitative estimate of drug-likeness (QED) is 0.943. The van der Waals surface area contributed by atoms with Gasteiger partial charge in [0.15, 0.2) is 0 Å². The van der Waals surface area contributed by atoms with Crippen LogP contribution in [0.1, 0.15) is 22.8 Å². The van der Waals surface area contributed by atoms with Gasteiger partial charge in [0.1, 0.15) is 5.82 Å². The molecule has 2 N–H and O–H groups in total. The molecule has 0 spiro atoms. The van der Waals surface area contributed by atoms with Crippen LogP contribution < -0.4 is 10.6 Å². The fraction of sp³-hybridized carbons (Fsp3) is 0.200. The summed E-state index contributed by atoms with van der Waals surface area (Å²) in [6, 6.07) is 9.26. The summed E-state index contributed by atoms with van der Waals surface area (Å²) in [5, 5.41) is 0.301. The van der Waals surface area contributed by atoms with Crippen LogP contribution >= 0.6 is 11.6 Å². The lowest BCUT2D eigenvalue weighted by Crippen LogP contribution is -2.31. The Hall–Kier alpha value is -2.07. The first-order valence-electron chi connectivity index (χ1n) is 6.32. The number of hydrogen-bond acceptors (Lipinski definition) is 3. The van der Waals surface area contributed by atoms with E-state index >= 15 is 0 Å². The molecule has 104 valence electrons. The molecule has 20 heavy (non-hydrogen) atoms. The van der Waals surface area contributed by atoms with Crippen molar-refractivity contribution in [3.8, 4) is 0 Å². The molecule has 0 aliphatic heterocycles. The summed E-state index contributed by atoms with van der Waals surface area (Å²) < 4.78 is 0. The minimum Gasteiger partial charge on any atom is -0.384 e. The fourth-order valence-corrected chi connectivity index (χ4v) is 2.12. The normalized spacial score (nSPS) is 10.3. The van der Waals surface area contributed by atoms with Crippen molar-refractivity contribution in [1.29, 1.82) is 0 Å². The Morgan fingerprint density at radius 3 is 2.60 bits per heavy atom. The predicted octanol–water partition coefficient (Wildman–Crippen LogP) is 3.29. The number of nitrogens with zero attached hydrogens (tertiary/aromatic N) is 2. The summed E-state index contributed by atoms with van der Waals surface area (Å²) in [6.45, 7) is 4.46. The van der Waals surface area contributed by atoms with Gasteiger partial charge in [0.2, 0.25) is 0 Å². The summed E-state index contributed by atoms with van der Waals surface area (Å²) in [5.74, 6) is 0.0909. The largest absolute Gasteiger partial charge is 0.384 e. The summed E-state index contributed by atoms with van der Waals surface area (Å²) in [7, 11) is 0. The lowest BCUT2D eigenvalue weighted by Gasteiger charge is -2.21. The Kier molecular flexibility index (Phi) is 4.25. The zero-order chi connectivity index (χ0) is 14.7. The Labute approximate surface area is 123 Å². The number of aromatic nitrogens is 1. The molecule has 5 heteroatoms. The van der Waals surface area contributed by atoms with Crippen LogP contribution in [0.3, 0.4) is 0 Å². The van der Waals surface area contributed by atoms with Crippen LogP contribution in [-0.4, -0.2) is 17.4 Å². The molecule has 2 aromatic rings. The molecule has 0 saturated heterocycles. The number of carbonyl (C=O) groups excluding carboxylic acids is 1. The molecular weight excluding hydrogens is 274 g/mol. The number of amides is 1. The number of nitrogens with two attached hydrogens (primary N) is 1. The standard InChI is InChI=1S/C15H16ClN3O/c1-3-19(11-6-4-10(2)5-7-11)15(20)12-8-14(17)18-9-13(12)16/h4-9H,3H2,1-2H3,(H2,17,18). The molecule has 1 aromatic carbocycles.